The van der Waals surface area contributed by atoms with Crippen molar-refractivity contribution in [2.24, 2.45) is 0 Å². The Labute approximate surface area is 76.4 Å². The topological polar surface area (TPSA) is 40.6 Å². The maximum atomic E-state index is 11.1. The third-order valence-electron chi connectivity index (χ3n) is 1.65. The fourth-order valence-electron chi connectivity index (χ4n) is 0.940. The van der Waals surface area contributed by atoms with Crippen LogP contribution in [0.25, 0.3) is 0 Å². The molecule has 0 N–H and O–H groups in total. The Balaban J connectivity index is 2.61. The molecule has 68 valence electrons. The number of carbonyl (C=O) groups is 2. The van der Waals surface area contributed by atoms with Crippen molar-refractivity contribution < 1.29 is 9.59 Å². The molecule has 2 amide bonds. The molecule has 0 saturated carbocycles. The van der Waals surface area contributed by atoms with Gasteiger partial charge in [-0.3, -0.25) is 19.4 Å². The third kappa shape index (κ3) is 1.84. The molecule has 1 heterocycles. The first kappa shape index (κ1) is 9.25. The van der Waals surface area contributed by atoms with Gasteiger partial charge in [-0.2, -0.15) is 0 Å². The lowest BCUT2D eigenvalue weighted by Crippen LogP contribution is -2.31. The summed E-state index contributed by atoms with van der Waals surface area (Å²) in [5, 5.41) is 0. The van der Waals surface area contributed by atoms with Crippen LogP contribution in [-0.2, 0) is 9.59 Å². The summed E-state index contributed by atoms with van der Waals surface area (Å²) in [5.74, 6) is -0.453. The maximum Gasteiger partial charge on any atom is 0.251 e. The SMILES string of the molecule is C=CC(=O)N1C=CN(C(=O)C=C)C1. The largest absolute Gasteiger partial charge is 0.295 e. The Hall–Kier alpha value is -1.84. The summed E-state index contributed by atoms with van der Waals surface area (Å²) in [6.07, 6.45) is 5.47. The summed E-state index contributed by atoms with van der Waals surface area (Å²) in [7, 11) is 0. The Bertz CT molecular complexity index is 266. The zero-order valence-electron chi connectivity index (χ0n) is 7.14. The summed E-state index contributed by atoms with van der Waals surface area (Å²) in [4.78, 5) is 24.9. The maximum absolute atomic E-state index is 11.1. The molecule has 1 aliphatic heterocycles. The van der Waals surface area contributed by atoms with Gasteiger partial charge in [0.15, 0.2) is 0 Å². The molecule has 0 unspecified atom stereocenters. The minimum absolute atomic E-state index is 0.226. The van der Waals surface area contributed by atoms with Crippen LogP contribution in [0.4, 0.5) is 0 Å². The van der Waals surface area contributed by atoms with E-state index in [0.29, 0.717) is 0 Å². The number of hydrogen-bond donors (Lipinski definition) is 0. The standard InChI is InChI=1S/C9H10N2O2/c1-3-8(12)10-5-6-11(7-10)9(13)4-2/h3-6H,1-2,7H2. The van der Waals surface area contributed by atoms with Crippen molar-refractivity contribution in [1.29, 1.82) is 0 Å². The van der Waals surface area contributed by atoms with Crippen LogP contribution in [0.2, 0.25) is 0 Å². The molecule has 13 heavy (non-hydrogen) atoms. The van der Waals surface area contributed by atoms with Gasteiger partial charge < -0.3 is 0 Å². The van der Waals surface area contributed by atoms with Crippen LogP contribution in [0, 0.1) is 0 Å². The van der Waals surface area contributed by atoms with Crippen LogP contribution in [0.3, 0.4) is 0 Å². The van der Waals surface area contributed by atoms with Gasteiger partial charge in [-0.05, 0) is 12.2 Å². The van der Waals surface area contributed by atoms with E-state index in [1.807, 2.05) is 0 Å². The molecule has 1 aliphatic rings. The fraction of sp³-hybridized carbons (Fsp3) is 0.111. The highest BCUT2D eigenvalue weighted by atomic mass is 16.2. The van der Waals surface area contributed by atoms with E-state index in [9.17, 15) is 9.59 Å². The van der Waals surface area contributed by atoms with E-state index in [2.05, 4.69) is 13.2 Å². The molecule has 0 bridgehead atoms. The van der Waals surface area contributed by atoms with Crippen LogP contribution in [-0.4, -0.2) is 28.3 Å². The van der Waals surface area contributed by atoms with Gasteiger partial charge >= 0.3 is 0 Å². The van der Waals surface area contributed by atoms with Gasteiger partial charge in [-0.25, -0.2) is 0 Å². The van der Waals surface area contributed by atoms with Crippen molar-refractivity contribution in [2.45, 2.75) is 0 Å². The Morgan fingerprint density at radius 2 is 1.46 bits per heavy atom. The molecule has 0 saturated heterocycles. The number of amides is 2. The van der Waals surface area contributed by atoms with Crippen molar-refractivity contribution in [2.75, 3.05) is 6.67 Å². The molecule has 0 fully saturated rings. The van der Waals surface area contributed by atoms with Crippen LogP contribution >= 0.6 is 0 Å². The predicted molar refractivity (Wildman–Crippen MR) is 48.1 cm³/mol. The third-order valence-corrected chi connectivity index (χ3v) is 1.65. The molecule has 0 radical (unpaired) electrons. The molecule has 1 rings (SSSR count). The van der Waals surface area contributed by atoms with Crippen LogP contribution in [0.15, 0.2) is 37.7 Å². The van der Waals surface area contributed by atoms with E-state index in [0.717, 1.165) is 0 Å². The number of nitrogens with zero attached hydrogens (tertiary/aromatic N) is 2. The van der Waals surface area contributed by atoms with Crippen LogP contribution in [0.1, 0.15) is 0 Å². The smallest absolute Gasteiger partial charge is 0.251 e. The normalized spacial score (nSPS) is 14.5. The Kier molecular flexibility index (Phi) is 2.64. The highest BCUT2D eigenvalue weighted by Gasteiger charge is 2.19. The summed E-state index contributed by atoms with van der Waals surface area (Å²) < 4.78 is 0. The first-order chi connectivity index (χ1) is 6.19. The molecule has 0 aliphatic carbocycles. The van der Waals surface area contributed by atoms with E-state index in [-0.39, 0.29) is 18.5 Å². The first-order valence-corrected chi connectivity index (χ1v) is 3.73. The predicted octanol–water partition coefficient (Wildman–Crippen LogP) is 0.458. The zero-order valence-corrected chi connectivity index (χ0v) is 7.14. The van der Waals surface area contributed by atoms with E-state index in [1.165, 1.54) is 34.4 Å². The van der Waals surface area contributed by atoms with Crippen molar-refractivity contribution in [3.8, 4) is 0 Å². The summed E-state index contributed by atoms with van der Waals surface area (Å²) >= 11 is 0. The van der Waals surface area contributed by atoms with Crippen molar-refractivity contribution in [3.05, 3.63) is 37.7 Å². The highest BCUT2D eigenvalue weighted by molar-refractivity contribution is 5.91. The molecular weight excluding hydrogens is 168 g/mol. The lowest BCUT2D eigenvalue weighted by atomic mass is 10.5. The average molecular weight is 178 g/mol. The Morgan fingerprint density at radius 1 is 1.08 bits per heavy atom. The van der Waals surface area contributed by atoms with Crippen molar-refractivity contribution in [3.63, 3.8) is 0 Å². The molecule has 0 aromatic heterocycles. The molecule has 0 spiro atoms. The van der Waals surface area contributed by atoms with Gasteiger partial charge in [0, 0.05) is 12.4 Å². The number of hydrogen-bond acceptors (Lipinski definition) is 2. The van der Waals surface area contributed by atoms with E-state index in [1.54, 1.807) is 0 Å². The van der Waals surface area contributed by atoms with E-state index < -0.39 is 0 Å². The average Bonchev–Trinajstić information content (AvgIpc) is 2.64. The van der Waals surface area contributed by atoms with Crippen LogP contribution < -0.4 is 0 Å². The van der Waals surface area contributed by atoms with Gasteiger partial charge in [0.1, 0.15) is 6.67 Å². The van der Waals surface area contributed by atoms with Crippen LogP contribution in [0.5, 0.6) is 0 Å². The highest BCUT2D eigenvalue weighted by Crippen LogP contribution is 2.07. The minimum atomic E-state index is -0.226. The minimum Gasteiger partial charge on any atom is -0.295 e. The van der Waals surface area contributed by atoms with Crippen molar-refractivity contribution >= 4 is 11.8 Å². The number of rotatable bonds is 2. The second kappa shape index (κ2) is 3.71. The van der Waals surface area contributed by atoms with Gasteiger partial charge in [0.2, 0.25) is 0 Å². The fourth-order valence-corrected chi connectivity index (χ4v) is 0.940. The quantitative estimate of drug-likeness (QED) is 0.576. The molecule has 4 heteroatoms. The molecule has 0 atom stereocenters. The molecule has 0 aromatic rings. The van der Waals surface area contributed by atoms with Gasteiger partial charge in [0.25, 0.3) is 11.8 Å². The summed E-state index contributed by atoms with van der Waals surface area (Å²) in [6, 6.07) is 0. The summed E-state index contributed by atoms with van der Waals surface area (Å²) in [5.41, 5.74) is 0. The molecule has 0 aromatic carbocycles. The van der Waals surface area contributed by atoms with Gasteiger partial charge in [-0.15, -0.1) is 0 Å². The lowest BCUT2D eigenvalue weighted by molar-refractivity contribution is -0.127. The van der Waals surface area contributed by atoms with E-state index in [4.69, 9.17) is 0 Å². The monoisotopic (exact) mass is 178 g/mol. The first-order valence-electron chi connectivity index (χ1n) is 3.73. The second-order valence-corrected chi connectivity index (χ2v) is 2.46. The zero-order chi connectivity index (χ0) is 9.84. The second-order valence-electron chi connectivity index (χ2n) is 2.46. The number of carbonyl (C=O) groups excluding carboxylic acids is 2. The lowest BCUT2D eigenvalue weighted by Gasteiger charge is -2.15. The van der Waals surface area contributed by atoms with Gasteiger partial charge in [0.05, 0.1) is 0 Å². The molecular formula is C9H10N2O2. The van der Waals surface area contributed by atoms with E-state index >= 15 is 0 Å². The molecule has 4 nitrogen and oxygen atoms in total. The van der Waals surface area contributed by atoms with Gasteiger partial charge in [-0.1, -0.05) is 13.2 Å². The van der Waals surface area contributed by atoms with Crippen molar-refractivity contribution in [1.82, 2.24) is 9.80 Å². The Morgan fingerprint density at radius 3 is 1.77 bits per heavy atom. The summed E-state index contributed by atoms with van der Waals surface area (Å²) in [6.45, 7) is 6.92.